The van der Waals surface area contributed by atoms with Crippen LogP contribution in [-0.4, -0.2) is 19.2 Å². The van der Waals surface area contributed by atoms with E-state index < -0.39 is 0 Å². The highest BCUT2D eigenvalue weighted by atomic mass is 16.7. The monoisotopic (exact) mass is 346 g/mol. The number of ether oxygens (including phenoxy) is 2. The van der Waals surface area contributed by atoms with E-state index in [-0.39, 0.29) is 25.1 Å². The molecular formula is C23H22O3. The molecule has 3 rings (SSSR count). The minimum absolute atomic E-state index is 0.0554. The van der Waals surface area contributed by atoms with Crippen molar-refractivity contribution < 1.29 is 14.3 Å². The maximum Gasteiger partial charge on any atom is 0.172 e. The highest BCUT2D eigenvalue weighted by Crippen LogP contribution is 2.21. The molecule has 3 aromatic rings. The van der Waals surface area contributed by atoms with Gasteiger partial charge in [-0.25, -0.2) is 0 Å². The first-order valence-electron chi connectivity index (χ1n) is 8.68. The van der Waals surface area contributed by atoms with E-state index in [2.05, 4.69) is 0 Å². The van der Waals surface area contributed by atoms with Gasteiger partial charge in [-0.15, -0.1) is 0 Å². The van der Waals surface area contributed by atoms with Crippen LogP contribution in [0, 0.1) is 0 Å². The van der Waals surface area contributed by atoms with Crippen LogP contribution >= 0.6 is 0 Å². The summed E-state index contributed by atoms with van der Waals surface area (Å²) in [6.45, 7) is 0.927. The maximum atomic E-state index is 12.9. The molecule has 0 unspecified atom stereocenters. The molecule has 26 heavy (non-hydrogen) atoms. The highest BCUT2D eigenvalue weighted by Gasteiger charge is 2.22. The van der Waals surface area contributed by atoms with Crippen molar-refractivity contribution in [3.05, 3.63) is 108 Å². The van der Waals surface area contributed by atoms with E-state index in [9.17, 15) is 4.79 Å². The van der Waals surface area contributed by atoms with Crippen LogP contribution in [0.4, 0.5) is 0 Å². The number of carbonyl (C=O) groups excluding carboxylic acids is 1. The van der Waals surface area contributed by atoms with Crippen LogP contribution in [0.2, 0.25) is 0 Å². The normalized spacial score (nSPS) is 11.8. The fourth-order valence-corrected chi connectivity index (χ4v) is 2.77. The number of Topliss-reactive ketones (excluding diaryl/α,β-unsaturated/α-hetero) is 1. The van der Waals surface area contributed by atoms with Gasteiger partial charge in [0, 0.05) is 5.56 Å². The Morgan fingerprint density at radius 3 is 1.96 bits per heavy atom. The number of benzene rings is 3. The fraction of sp³-hybridized carbons (Fsp3) is 0.174. The minimum Gasteiger partial charge on any atom is -0.354 e. The smallest absolute Gasteiger partial charge is 0.172 e. The Morgan fingerprint density at radius 2 is 1.31 bits per heavy atom. The molecule has 0 fully saturated rings. The summed E-state index contributed by atoms with van der Waals surface area (Å²) in [5.41, 5.74) is 2.73. The molecule has 0 saturated carbocycles. The van der Waals surface area contributed by atoms with Crippen LogP contribution < -0.4 is 0 Å². The third-order valence-corrected chi connectivity index (χ3v) is 4.14. The first-order valence-corrected chi connectivity index (χ1v) is 8.68. The molecule has 0 aliphatic carbocycles. The number of hydrogen-bond donors (Lipinski definition) is 0. The maximum absolute atomic E-state index is 12.9. The van der Waals surface area contributed by atoms with Crippen molar-refractivity contribution >= 4 is 5.78 Å². The molecule has 3 heteroatoms. The summed E-state index contributed by atoms with van der Waals surface area (Å²) in [5.74, 6) is -0.293. The lowest BCUT2D eigenvalue weighted by Crippen LogP contribution is -2.19. The Bertz CT molecular complexity index is 785. The van der Waals surface area contributed by atoms with Crippen molar-refractivity contribution in [3.8, 4) is 0 Å². The van der Waals surface area contributed by atoms with E-state index in [4.69, 9.17) is 9.47 Å². The van der Waals surface area contributed by atoms with Gasteiger partial charge in [0.2, 0.25) is 0 Å². The van der Waals surface area contributed by atoms with Gasteiger partial charge in [0.1, 0.15) is 6.79 Å². The van der Waals surface area contributed by atoms with Gasteiger partial charge in [0.15, 0.2) is 5.78 Å². The average Bonchev–Trinajstić information content (AvgIpc) is 2.72. The number of hydrogen-bond acceptors (Lipinski definition) is 3. The highest BCUT2D eigenvalue weighted by molar-refractivity contribution is 6.01. The van der Waals surface area contributed by atoms with Crippen LogP contribution in [0.15, 0.2) is 91.0 Å². The molecule has 132 valence electrons. The molecule has 0 N–H and O–H groups in total. The van der Waals surface area contributed by atoms with Gasteiger partial charge in [-0.2, -0.15) is 0 Å². The molecule has 3 nitrogen and oxygen atoms in total. The van der Waals surface area contributed by atoms with Gasteiger partial charge in [-0.3, -0.25) is 4.79 Å². The molecular weight excluding hydrogens is 324 g/mol. The molecule has 0 aliphatic rings. The molecule has 0 saturated heterocycles. The molecule has 0 heterocycles. The van der Waals surface area contributed by atoms with E-state index in [0.29, 0.717) is 12.2 Å². The second-order valence-electron chi connectivity index (χ2n) is 6.02. The topological polar surface area (TPSA) is 35.5 Å². The predicted octanol–water partition coefficient (Wildman–Crippen LogP) is 4.84. The van der Waals surface area contributed by atoms with Crippen molar-refractivity contribution in [2.45, 2.75) is 12.5 Å². The van der Waals surface area contributed by atoms with Crippen molar-refractivity contribution in [2.24, 2.45) is 0 Å². The summed E-state index contributed by atoms with van der Waals surface area (Å²) in [6.07, 6.45) is 0. The lowest BCUT2D eigenvalue weighted by Gasteiger charge is -2.17. The Kier molecular flexibility index (Phi) is 6.71. The molecule has 3 aromatic carbocycles. The summed E-state index contributed by atoms with van der Waals surface area (Å²) in [5, 5.41) is 0. The summed E-state index contributed by atoms with van der Waals surface area (Å²) >= 11 is 0. The number of rotatable bonds is 9. The van der Waals surface area contributed by atoms with Crippen LogP contribution in [0.25, 0.3) is 0 Å². The third-order valence-electron chi connectivity index (χ3n) is 4.14. The molecule has 0 amide bonds. The zero-order valence-corrected chi connectivity index (χ0v) is 14.6. The largest absolute Gasteiger partial charge is 0.354 e. The molecule has 0 bridgehead atoms. The van der Waals surface area contributed by atoms with Crippen LogP contribution in [0.5, 0.6) is 0 Å². The van der Waals surface area contributed by atoms with Gasteiger partial charge < -0.3 is 9.47 Å². The first-order chi connectivity index (χ1) is 12.8. The molecule has 0 spiro atoms. The van der Waals surface area contributed by atoms with Crippen molar-refractivity contribution in [3.63, 3.8) is 0 Å². The predicted molar refractivity (Wildman–Crippen MR) is 102 cm³/mol. The zero-order chi connectivity index (χ0) is 18.0. The van der Waals surface area contributed by atoms with Crippen molar-refractivity contribution in [1.82, 2.24) is 0 Å². The lowest BCUT2D eigenvalue weighted by molar-refractivity contribution is -0.0636. The SMILES string of the molecule is O=C(c1ccccc1)[C@H](COCOCc1ccccc1)c1ccccc1. The summed E-state index contributed by atoms with van der Waals surface area (Å²) in [7, 11) is 0. The minimum atomic E-state index is -0.348. The van der Waals surface area contributed by atoms with Crippen molar-refractivity contribution in [2.75, 3.05) is 13.4 Å². The van der Waals surface area contributed by atoms with Crippen LogP contribution in [0.3, 0.4) is 0 Å². The van der Waals surface area contributed by atoms with E-state index in [1.54, 1.807) is 0 Å². The van der Waals surface area contributed by atoms with E-state index >= 15 is 0 Å². The van der Waals surface area contributed by atoms with Crippen molar-refractivity contribution in [1.29, 1.82) is 0 Å². The van der Waals surface area contributed by atoms with Gasteiger partial charge >= 0.3 is 0 Å². The summed E-state index contributed by atoms with van der Waals surface area (Å²) in [6, 6.07) is 29.0. The van der Waals surface area contributed by atoms with E-state index in [0.717, 1.165) is 11.1 Å². The number of carbonyl (C=O) groups is 1. The Balaban J connectivity index is 1.59. The van der Waals surface area contributed by atoms with E-state index in [1.165, 1.54) is 0 Å². The Hall–Kier alpha value is -2.75. The first kappa shape index (κ1) is 18.1. The van der Waals surface area contributed by atoms with Crippen LogP contribution in [0.1, 0.15) is 27.4 Å². The number of ketones is 1. The Labute approximate surface area is 154 Å². The quantitative estimate of drug-likeness (QED) is 0.316. The van der Waals surface area contributed by atoms with Gasteiger partial charge in [0.25, 0.3) is 0 Å². The Morgan fingerprint density at radius 1 is 0.731 bits per heavy atom. The second kappa shape index (κ2) is 9.66. The van der Waals surface area contributed by atoms with E-state index in [1.807, 2.05) is 91.0 Å². The molecule has 0 radical (unpaired) electrons. The zero-order valence-electron chi connectivity index (χ0n) is 14.6. The molecule has 0 aromatic heterocycles. The van der Waals surface area contributed by atoms with Gasteiger partial charge in [-0.05, 0) is 11.1 Å². The van der Waals surface area contributed by atoms with Gasteiger partial charge in [0.05, 0.1) is 19.1 Å². The average molecular weight is 346 g/mol. The summed E-state index contributed by atoms with van der Waals surface area (Å²) in [4.78, 5) is 12.9. The third kappa shape index (κ3) is 5.12. The van der Waals surface area contributed by atoms with Gasteiger partial charge in [-0.1, -0.05) is 91.0 Å². The molecule has 1 atom stereocenters. The fourth-order valence-electron chi connectivity index (χ4n) is 2.77. The second-order valence-corrected chi connectivity index (χ2v) is 6.02. The molecule has 0 aliphatic heterocycles. The standard InChI is InChI=1S/C23H22O3/c24-23(21-14-8-3-9-15-21)22(20-12-6-2-7-13-20)17-26-18-25-16-19-10-4-1-5-11-19/h1-15,22H,16-18H2/t22-/m1/s1. The summed E-state index contributed by atoms with van der Waals surface area (Å²) < 4.78 is 11.2. The van der Waals surface area contributed by atoms with Crippen LogP contribution in [-0.2, 0) is 16.1 Å². The lowest BCUT2D eigenvalue weighted by atomic mass is 9.91.